The van der Waals surface area contributed by atoms with Gasteiger partial charge in [0.25, 0.3) is 0 Å². The summed E-state index contributed by atoms with van der Waals surface area (Å²) in [5, 5.41) is 4.99. The molecule has 2 aliphatic heterocycles. The van der Waals surface area contributed by atoms with Gasteiger partial charge in [-0.05, 0) is 148 Å². The van der Waals surface area contributed by atoms with Crippen LogP contribution in [0.1, 0.15) is 58.4 Å². The van der Waals surface area contributed by atoms with Crippen LogP contribution in [0.5, 0.6) is 0 Å². The lowest BCUT2D eigenvalue weighted by atomic mass is 9.81. The first-order valence-corrected chi connectivity index (χ1v) is 25.4. The number of rotatable bonds is 6. The van der Waals surface area contributed by atoms with E-state index in [1.807, 2.05) is 0 Å². The molecule has 0 amide bonds. The van der Waals surface area contributed by atoms with Gasteiger partial charge >= 0.3 is 0 Å². The van der Waals surface area contributed by atoms with Crippen LogP contribution >= 0.6 is 0 Å². The van der Waals surface area contributed by atoms with Gasteiger partial charge in [-0.3, -0.25) is 0 Å². The van der Waals surface area contributed by atoms with Gasteiger partial charge in [-0.25, -0.2) is 0 Å². The molecular formula is C71H50N2. The van der Waals surface area contributed by atoms with Gasteiger partial charge in [-0.15, -0.1) is 0 Å². The Morgan fingerprint density at radius 3 is 1.12 bits per heavy atom. The van der Waals surface area contributed by atoms with Crippen LogP contribution in [0.3, 0.4) is 0 Å². The number of benzene rings is 11. The minimum absolute atomic E-state index is 0.176. The van der Waals surface area contributed by atoms with E-state index < -0.39 is 0 Å². The summed E-state index contributed by atoms with van der Waals surface area (Å²) in [6.07, 6.45) is 13.4. The van der Waals surface area contributed by atoms with Crippen molar-refractivity contribution < 1.29 is 0 Å². The zero-order valence-electron chi connectivity index (χ0n) is 40.8. The molecule has 3 aliphatic rings. The maximum atomic E-state index is 2.43. The van der Waals surface area contributed by atoms with Crippen molar-refractivity contribution in [2.24, 2.45) is 0 Å². The maximum absolute atomic E-state index is 2.43. The van der Waals surface area contributed by atoms with Crippen molar-refractivity contribution >= 4 is 92.1 Å². The summed E-state index contributed by atoms with van der Waals surface area (Å²) in [6, 6.07) is 84.9. The zero-order chi connectivity index (χ0) is 48.6. The summed E-state index contributed by atoms with van der Waals surface area (Å²) in [4.78, 5) is 4.82. The van der Waals surface area contributed by atoms with E-state index in [1.165, 1.54) is 128 Å². The second kappa shape index (κ2) is 17.0. The highest BCUT2D eigenvalue weighted by Crippen LogP contribution is 2.52. The molecule has 2 heterocycles. The highest BCUT2D eigenvalue weighted by atomic mass is 15.2. The largest absolute Gasteiger partial charge is 0.309 e. The molecule has 0 atom stereocenters. The molecule has 1 aliphatic carbocycles. The third-order valence-electron chi connectivity index (χ3n) is 15.6. The van der Waals surface area contributed by atoms with Crippen molar-refractivity contribution in [2.75, 3.05) is 9.80 Å². The first kappa shape index (κ1) is 42.6. The summed E-state index contributed by atoms with van der Waals surface area (Å²) in [5.41, 5.74) is 24.3. The third-order valence-corrected chi connectivity index (χ3v) is 15.6. The fourth-order valence-electron chi connectivity index (χ4n) is 12.0. The highest BCUT2D eigenvalue weighted by Gasteiger charge is 2.36. The zero-order valence-corrected chi connectivity index (χ0v) is 40.8. The van der Waals surface area contributed by atoms with Crippen LogP contribution in [-0.4, -0.2) is 0 Å². The van der Waals surface area contributed by atoms with E-state index >= 15 is 0 Å². The molecule has 0 spiro atoms. The highest BCUT2D eigenvalue weighted by molar-refractivity contribution is 6.21. The normalized spacial score (nSPS) is 13.8. The summed E-state index contributed by atoms with van der Waals surface area (Å²) in [5.74, 6) is 0. The topological polar surface area (TPSA) is 6.48 Å². The van der Waals surface area contributed by atoms with Gasteiger partial charge in [0.2, 0.25) is 0 Å². The van der Waals surface area contributed by atoms with E-state index in [9.17, 15) is 0 Å². The number of anilines is 6. The molecule has 2 heteroatoms. The molecule has 14 rings (SSSR count). The number of hydrogen-bond donors (Lipinski definition) is 0. The summed E-state index contributed by atoms with van der Waals surface area (Å²) in [7, 11) is 0. The van der Waals surface area contributed by atoms with Crippen LogP contribution in [0.15, 0.2) is 231 Å². The summed E-state index contributed by atoms with van der Waals surface area (Å²) in [6.45, 7) is 4.76. The third kappa shape index (κ3) is 7.01. The molecular weight excluding hydrogens is 881 g/mol. The molecule has 2 nitrogen and oxygen atoms in total. The van der Waals surface area contributed by atoms with Gasteiger partial charge in [0.1, 0.15) is 0 Å². The lowest BCUT2D eigenvalue weighted by molar-refractivity contribution is 0.660. The smallest absolute Gasteiger partial charge is 0.0534 e. The van der Waals surface area contributed by atoms with Crippen LogP contribution in [0.4, 0.5) is 34.1 Å². The quantitative estimate of drug-likeness (QED) is 0.121. The van der Waals surface area contributed by atoms with Crippen molar-refractivity contribution in [3.05, 3.63) is 275 Å². The van der Waals surface area contributed by atoms with E-state index in [-0.39, 0.29) is 5.41 Å². The molecule has 11 aromatic carbocycles. The van der Waals surface area contributed by atoms with Crippen molar-refractivity contribution in [1.82, 2.24) is 0 Å². The molecule has 344 valence electrons. The predicted molar refractivity (Wildman–Crippen MR) is 312 cm³/mol. The Kier molecular flexibility index (Phi) is 9.91. The first-order valence-electron chi connectivity index (χ1n) is 25.4. The lowest BCUT2D eigenvalue weighted by Gasteiger charge is -2.29. The number of para-hydroxylation sites is 4. The van der Waals surface area contributed by atoms with Crippen molar-refractivity contribution in [3.63, 3.8) is 0 Å². The Morgan fingerprint density at radius 2 is 0.658 bits per heavy atom. The fraction of sp³-hybridized carbons (Fsp3) is 0.0423. The van der Waals surface area contributed by atoms with E-state index in [4.69, 9.17) is 0 Å². The Labute approximate surface area is 427 Å². The molecule has 73 heavy (non-hydrogen) atoms. The molecule has 0 aromatic heterocycles. The lowest BCUT2D eigenvalue weighted by Crippen LogP contribution is -2.17. The number of fused-ring (bicyclic) bond motifs is 9. The van der Waals surface area contributed by atoms with Crippen LogP contribution in [-0.2, 0) is 5.41 Å². The second-order valence-electron chi connectivity index (χ2n) is 20.1. The molecule has 11 aromatic rings. The Balaban J connectivity index is 0.769. The molecule has 0 fully saturated rings. The van der Waals surface area contributed by atoms with Crippen LogP contribution in [0.2, 0.25) is 0 Å². The van der Waals surface area contributed by atoms with Crippen LogP contribution < -0.4 is 9.80 Å². The SMILES string of the molecule is CC1(C)c2cc(/C=C/c3ccc(-c4c5ccccc5c(-c5ccc(N6c7ccccc7C=Cc7ccccc76)cc5)c5ccccc45)cc3)ccc2-c2ccc(N3c4ccccc4C=Cc4ccccc43)cc21. The molecule has 0 bridgehead atoms. The van der Waals surface area contributed by atoms with Crippen molar-refractivity contribution in [1.29, 1.82) is 0 Å². The Bertz CT molecular complexity index is 3950. The van der Waals surface area contributed by atoms with Crippen molar-refractivity contribution in [2.45, 2.75) is 19.3 Å². The van der Waals surface area contributed by atoms with Gasteiger partial charge in [-0.1, -0.05) is 232 Å². The standard InChI is InChI=1S/C71H50N2/c1-71(2)63-45-48(31-43-57(63)58-44-42-56(46-64(58)71)73-67-25-13-5-17-51(67)36-37-52-18-6-14-26-68(52)73)28-27-47-29-32-53(33-30-47)69-59-19-7-9-21-61(59)70(62-22-10-8-20-60(62)69)54-38-40-55(41-39-54)72-65-23-11-3-15-49(65)34-35-50-16-4-12-24-66(50)72/h3-46H,1-2H3/b28-27+. The minimum atomic E-state index is -0.176. The van der Waals surface area contributed by atoms with Gasteiger partial charge in [0.15, 0.2) is 0 Å². The summed E-state index contributed by atoms with van der Waals surface area (Å²) < 4.78 is 0. The maximum Gasteiger partial charge on any atom is 0.0534 e. The van der Waals surface area contributed by atoms with Gasteiger partial charge < -0.3 is 9.80 Å². The second-order valence-corrected chi connectivity index (χ2v) is 20.1. The van der Waals surface area contributed by atoms with E-state index in [0.29, 0.717) is 0 Å². The minimum Gasteiger partial charge on any atom is -0.309 e. The molecule has 0 saturated heterocycles. The number of nitrogens with zero attached hydrogens (tertiary/aromatic N) is 2. The van der Waals surface area contributed by atoms with Gasteiger partial charge in [0.05, 0.1) is 22.7 Å². The fourth-order valence-corrected chi connectivity index (χ4v) is 12.0. The van der Waals surface area contributed by atoms with Gasteiger partial charge in [-0.2, -0.15) is 0 Å². The van der Waals surface area contributed by atoms with E-state index in [0.717, 1.165) is 5.69 Å². The van der Waals surface area contributed by atoms with E-state index in [1.54, 1.807) is 0 Å². The molecule has 0 radical (unpaired) electrons. The average molecular weight is 931 g/mol. The van der Waals surface area contributed by atoms with Crippen LogP contribution in [0.25, 0.3) is 91.4 Å². The summed E-state index contributed by atoms with van der Waals surface area (Å²) >= 11 is 0. The van der Waals surface area contributed by atoms with Crippen LogP contribution in [0, 0.1) is 0 Å². The molecule has 0 unspecified atom stereocenters. The number of hydrogen-bond acceptors (Lipinski definition) is 2. The Morgan fingerprint density at radius 1 is 0.315 bits per heavy atom. The Hall–Kier alpha value is -9.24. The predicted octanol–water partition coefficient (Wildman–Crippen LogP) is 19.7. The average Bonchev–Trinajstić information content (AvgIpc) is 3.56. The molecule has 0 N–H and O–H groups in total. The first-order chi connectivity index (χ1) is 36.0. The monoisotopic (exact) mass is 930 g/mol. The van der Waals surface area contributed by atoms with Gasteiger partial charge in [0, 0.05) is 16.8 Å². The molecule has 0 saturated carbocycles. The van der Waals surface area contributed by atoms with E-state index in [2.05, 4.69) is 291 Å². The van der Waals surface area contributed by atoms with Crippen molar-refractivity contribution in [3.8, 4) is 33.4 Å².